The summed E-state index contributed by atoms with van der Waals surface area (Å²) in [6.07, 6.45) is 3.05. The Hall–Kier alpha value is -1.29. The van der Waals surface area contributed by atoms with E-state index in [1.165, 1.54) is 6.39 Å². The van der Waals surface area contributed by atoms with E-state index in [0.717, 1.165) is 10.0 Å². The van der Waals surface area contributed by atoms with Gasteiger partial charge in [0.2, 0.25) is 0 Å². The quantitative estimate of drug-likeness (QED) is 0.778. The van der Waals surface area contributed by atoms with E-state index in [4.69, 9.17) is 10.2 Å². The Balaban J connectivity index is 2.53. The van der Waals surface area contributed by atoms with E-state index < -0.39 is 0 Å². The van der Waals surface area contributed by atoms with Gasteiger partial charge in [0, 0.05) is 15.7 Å². The van der Waals surface area contributed by atoms with Crippen LogP contribution in [0.1, 0.15) is 0 Å². The summed E-state index contributed by atoms with van der Waals surface area (Å²) in [7, 11) is 0. The number of aromatic nitrogens is 1. The van der Waals surface area contributed by atoms with Crippen LogP contribution in [0.5, 0.6) is 0 Å². The topological polar surface area (TPSA) is 52.0 Å². The number of anilines is 1. The number of nitrogen functional groups attached to an aromatic ring is 1. The first-order valence-electron chi connectivity index (χ1n) is 3.70. The second-order valence-corrected chi connectivity index (χ2v) is 3.55. The standard InChI is InChI=1S/C9H7BrN2O/c10-7-1-6(2-8(11)3-7)9-4-12-5-13-9/h1-5H,11H2. The van der Waals surface area contributed by atoms with E-state index in [0.29, 0.717) is 11.4 Å². The maximum atomic E-state index is 5.67. The third-order valence-electron chi connectivity index (χ3n) is 1.64. The molecule has 2 rings (SSSR count). The lowest BCUT2D eigenvalue weighted by Crippen LogP contribution is -1.85. The summed E-state index contributed by atoms with van der Waals surface area (Å²) >= 11 is 3.36. The van der Waals surface area contributed by atoms with Gasteiger partial charge in [-0.3, -0.25) is 0 Å². The molecule has 1 aromatic heterocycles. The highest BCUT2D eigenvalue weighted by Gasteiger charge is 2.02. The molecule has 0 saturated carbocycles. The van der Waals surface area contributed by atoms with Crippen LogP contribution >= 0.6 is 15.9 Å². The number of halogens is 1. The Bertz CT molecular complexity index is 391. The third kappa shape index (κ3) is 1.72. The van der Waals surface area contributed by atoms with Crippen molar-refractivity contribution in [3.63, 3.8) is 0 Å². The van der Waals surface area contributed by atoms with Gasteiger partial charge < -0.3 is 10.2 Å². The molecule has 0 aliphatic heterocycles. The van der Waals surface area contributed by atoms with Gasteiger partial charge in [-0.05, 0) is 18.2 Å². The fraction of sp³-hybridized carbons (Fsp3) is 0. The van der Waals surface area contributed by atoms with E-state index >= 15 is 0 Å². The monoisotopic (exact) mass is 238 g/mol. The van der Waals surface area contributed by atoms with Crippen molar-refractivity contribution in [3.8, 4) is 11.3 Å². The number of benzene rings is 1. The van der Waals surface area contributed by atoms with Crippen molar-refractivity contribution in [2.24, 2.45) is 0 Å². The lowest BCUT2D eigenvalue weighted by atomic mass is 10.2. The van der Waals surface area contributed by atoms with Crippen LogP contribution in [0.4, 0.5) is 5.69 Å². The summed E-state index contributed by atoms with van der Waals surface area (Å²) < 4.78 is 6.07. The summed E-state index contributed by atoms with van der Waals surface area (Å²) in [5, 5.41) is 0. The molecular formula is C9H7BrN2O. The molecule has 0 bridgehead atoms. The van der Waals surface area contributed by atoms with Crippen molar-refractivity contribution in [2.45, 2.75) is 0 Å². The fourth-order valence-electron chi connectivity index (χ4n) is 1.11. The number of hydrogen-bond acceptors (Lipinski definition) is 3. The lowest BCUT2D eigenvalue weighted by Gasteiger charge is -1.99. The minimum absolute atomic E-state index is 0.695. The van der Waals surface area contributed by atoms with Gasteiger partial charge in [0.05, 0.1) is 6.20 Å². The van der Waals surface area contributed by atoms with Crippen LogP contribution < -0.4 is 5.73 Å². The van der Waals surface area contributed by atoms with Gasteiger partial charge in [-0.15, -0.1) is 0 Å². The minimum Gasteiger partial charge on any atom is -0.444 e. The highest BCUT2D eigenvalue weighted by Crippen LogP contribution is 2.25. The van der Waals surface area contributed by atoms with Crippen molar-refractivity contribution < 1.29 is 4.42 Å². The highest BCUT2D eigenvalue weighted by molar-refractivity contribution is 9.10. The molecule has 13 heavy (non-hydrogen) atoms. The summed E-state index contributed by atoms with van der Waals surface area (Å²) in [5.41, 5.74) is 7.29. The predicted molar refractivity (Wildman–Crippen MR) is 54.1 cm³/mol. The van der Waals surface area contributed by atoms with Crippen LogP contribution in [0.3, 0.4) is 0 Å². The van der Waals surface area contributed by atoms with Gasteiger partial charge in [-0.1, -0.05) is 15.9 Å². The molecule has 3 nitrogen and oxygen atoms in total. The number of rotatable bonds is 1. The molecule has 0 atom stereocenters. The summed E-state index contributed by atoms with van der Waals surface area (Å²) in [5.74, 6) is 0.716. The summed E-state index contributed by atoms with van der Waals surface area (Å²) in [6.45, 7) is 0. The average Bonchev–Trinajstić information content (AvgIpc) is 2.53. The first-order chi connectivity index (χ1) is 6.25. The molecule has 0 amide bonds. The van der Waals surface area contributed by atoms with E-state index in [1.807, 2.05) is 18.2 Å². The van der Waals surface area contributed by atoms with Crippen molar-refractivity contribution in [2.75, 3.05) is 5.73 Å². The minimum atomic E-state index is 0.695. The average molecular weight is 239 g/mol. The van der Waals surface area contributed by atoms with Crippen LogP contribution in [0.2, 0.25) is 0 Å². The molecule has 0 aliphatic rings. The number of oxazole rings is 1. The molecular weight excluding hydrogens is 232 g/mol. The van der Waals surface area contributed by atoms with E-state index in [2.05, 4.69) is 20.9 Å². The smallest absolute Gasteiger partial charge is 0.181 e. The van der Waals surface area contributed by atoms with Crippen molar-refractivity contribution in [3.05, 3.63) is 35.3 Å². The number of hydrogen-bond donors (Lipinski definition) is 1. The Kier molecular flexibility index (Phi) is 2.06. The van der Waals surface area contributed by atoms with Crippen LogP contribution in [0.15, 0.2) is 39.7 Å². The molecule has 1 aromatic carbocycles. The maximum Gasteiger partial charge on any atom is 0.181 e. The Labute approximate surface area is 83.7 Å². The SMILES string of the molecule is Nc1cc(Br)cc(-c2cnco2)c1. The zero-order valence-electron chi connectivity index (χ0n) is 6.70. The van der Waals surface area contributed by atoms with Crippen LogP contribution in [-0.4, -0.2) is 4.98 Å². The number of nitrogens with zero attached hydrogens (tertiary/aromatic N) is 1. The normalized spacial score (nSPS) is 10.2. The van der Waals surface area contributed by atoms with E-state index in [-0.39, 0.29) is 0 Å². The molecule has 0 fully saturated rings. The van der Waals surface area contributed by atoms with Gasteiger partial charge in [0.1, 0.15) is 0 Å². The summed E-state index contributed by atoms with van der Waals surface area (Å²) in [4.78, 5) is 3.84. The Morgan fingerprint density at radius 3 is 2.77 bits per heavy atom. The van der Waals surface area contributed by atoms with Crippen molar-refractivity contribution in [1.82, 2.24) is 4.98 Å². The predicted octanol–water partition coefficient (Wildman–Crippen LogP) is 2.69. The summed E-state index contributed by atoms with van der Waals surface area (Å²) in [6, 6.07) is 5.60. The third-order valence-corrected chi connectivity index (χ3v) is 2.09. The van der Waals surface area contributed by atoms with Gasteiger partial charge in [0.15, 0.2) is 12.2 Å². The van der Waals surface area contributed by atoms with Crippen LogP contribution in [0, 0.1) is 0 Å². The zero-order chi connectivity index (χ0) is 9.26. The highest BCUT2D eigenvalue weighted by atomic mass is 79.9. The Morgan fingerprint density at radius 2 is 2.15 bits per heavy atom. The lowest BCUT2D eigenvalue weighted by molar-refractivity contribution is 0.572. The zero-order valence-corrected chi connectivity index (χ0v) is 8.28. The first-order valence-corrected chi connectivity index (χ1v) is 4.50. The van der Waals surface area contributed by atoms with Gasteiger partial charge in [-0.2, -0.15) is 0 Å². The van der Waals surface area contributed by atoms with E-state index in [9.17, 15) is 0 Å². The molecule has 2 N–H and O–H groups in total. The molecule has 0 saturated heterocycles. The van der Waals surface area contributed by atoms with Crippen LogP contribution in [-0.2, 0) is 0 Å². The molecule has 2 aromatic rings. The largest absolute Gasteiger partial charge is 0.444 e. The number of nitrogens with two attached hydrogens (primary N) is 1. The fourth-order valence-corrected chi connectivity index (χ4v) is 1.62. The molecule has 0 radical (unpaired) electrons. The second-order valence-electron chi connectivity index (χ2n) is 2.64. The maximum absolute atomic E-state index is 5.67. The van der Waals surface area contributed by atoms with E-state index in [1.54, 1.807) is 6.20 Å². The van der Waals surface area contributed by atoms with Gasteiger partial charge in [-0.25, -0.2) is 4.98 Å². The van der Waals surface area contributed by atoms with Gasteiger partial charge in [0.25, 0.3) is 0 Å². The molecule has 1 heterocycles. The van der Waals surface area contributed by atoms with Crippen molar-refractivity contribution in [1.29, 1.82) is 0 Å². The van der Waals surface area contributed by atoms with Crippen LogP contribution in [0.25, 0.3) is 11.3 Å². The molecule has 66 valence electrons. The second kappa shape index (κ2) is 3.22. The first kappa shape index (κ1) is 8.31. The van der Waals surface area contributed by atoms with Gasteiger partial charge >= 0.3 is 0 Å². The van der Waals surface area contributed by atoms with Crippen molar-refractivity contribution >= 4 is 21.6 Å². The molecule has 0 aliphatic carbocycles. The molecule has 4 heteroatoms. The molecule has 0 unspecified atom stereocenters. The molecule has 0 spiro atoms. The Morgan fingerprint density at radius 1 is 1.31 bits per heavy atom.